The van der Waals surface area contributed by atoms with Crippen LogP contribution in [0.2, 0.25) is 0 Å². The standard InChI is InChI=1S/C70H69N5O/c1-67(2,3)47-21-17-20-45(36-47)46-30-33-61-58(37-46)57-32-31-54(43-64(57)75(61)65-41-48(34-35-71-65)68(4,5)6)76-53-23-18-22-51(42-53)72-44-73(52-39-49(69(7,8)9)38-50(40-52)70(10,11)12)66-62(72)28-19-29-63(66)74-59-26-15-13-24-55(59)56-25-14-16-27-60(56)74/h13-43H,44H2,1-12H3. The van der Waals surface area contributed by atoms with Gasteiger partial charge in [0.2, 0.25) is 0 Å². The predicted molar refractivity (Wildman–Crippen MR) is 322 cm³/mol. The van der Waals surface area contributed by atoms with Crippen molar-refractivity contribution in [3.8, 4) is 34.1 Å². The number of ether oxygens (including phenoxy) is 1. The number of hydrogen-bond donors (Lipinski definition) is 0. The zero-order valence-electron chi connectivity index (χ0n) is 46.2. The Morgan fingerprint density at radius 2 is 0.947 bits per heavy atom. The number of anilines is 4. The van der Waals surface area contributed by atoms with Crippen molar-refractivity contribution in [2.45, 2.75) is 105 Å². The first-order chi connectivity index (χ1) is 36.2. The Morgan fingerprint density at radius 1 is 0.368 bits per heavy atom. The molecule has 3 aromatic heterocycles. The number of aromatic nitrogens is 3. The molecule has 0 unspecified atom stereocenters. The fourth-order valence-corrected chi connectivity index (χ4v) is 11.2. The largest absolute Gasteiger partial charge is 0.457 e. The molecular weight excluding hydrogens is 927 g/mol. The number of rotatable bonds is 7. The van der Waals surface area contributed by atoms with E-state index in [0.29, 0.717) is 6.67 Å². The van der Waals surface area contributed by atoms with Crippen molar-refractivity contribution in [3.05, 3.63) is 210 Å². The van der Waals surface area contributed by atoms with E-state index in [9.17, 15) is 0 Å². The molecule has 0 aliphatic carbocycles. The van der Waals surface area contributed by atoms with Crippen LogP contribution in [0.15, 0.2) is 188 Å². The molecule has 1 aliphatic rings. The molecule has 76 heavy (non-hydrogen) atoms. The molecule has 0 fully saturated rings. The summed E-state index contributed by atoms with van der Waals surface area (Å²) in [5, 5.41) is 4.80. The summed E-state index contributed by atoms with van der Waals surface area (Å²) in [4.78, 5) is 10.0. The van der Waals surface area contributed by atoms with E-state index >= 15 is 0 Å². The van der Waals surface area contributed by atoms with Gasteiger partial charge in [0.15, 0.2) is 0 Å². The Morgan fingerprint density at radius 3 is 1.63 bits per heavy atom. The second-order valence-corrected chi connectivity index (χ2v) is 25.1. The number of benzene rings is 8. The second kappa shape index (κ2) is 17.8. The molecule has 0 N–H and O–H groups in total. The van der Waals surface area contributed by atoms with Crippen LogP contribution >= 0.6 is 0 Å². The molecule has 6 heteroatoms. The highest BCUT2D eigenvalue weighted by atomic mass is 16.5. The van der Waals surface area contributed by atoms with Gasteiger partial charge in [-0.25, -0.2) is 4.98 Å². The van der Waals surface area contributed by atoms with Crippen molar-refractivity contribution < 1.29 is 4.74 Å². The summed E-state index contributed by atoms with van der Waals surface area (Å²) < 4.78 is 11.8. The molecule has 0 atom stereocenters. The lowest BCUT2D eigenvalue weighted by atomic mass is 9.80. The molecule has 0 saturated heterocycles. The summed E-state index contributed by atoms with van der Waals surface area (Å²) in [5.74, 6) is 2.40. The Balaban J connectivity index is 0.984. The van der Waals surface area contributed by atoms with Crippen molar-refractivity contribution in [2.24, 2.45) is 0 Å². The van der Waals surface area contributed by atoms with E-state index in [1.807, 2.05) is 6.20 Å². The Kier molecular flexibility index (Phi) is 11.4. The number of hydrogen-bond acceptors (Lipinski definition) is 4. The summed E-state index contributed by atoms with van der Waals surface area (Å²) in [6.45, 7) is 28.1. The molecule has 0 radical (unpaired) electrons. The highest BCUT2D eigenvalue weighted by Crippen LogP contribution is 2.51. The van der Waals surface area contributed by atoms with Gasteiger partial charge in [0, 0.05) is 51.2 Å². The molecule has 8 aromatic carbocycles. The lowest BCUT2D eigenvalue weighted by molar-refractivity contribution is 0.483. The zero-order valence-corrected chi connectivity index (χ0v) is 46.2. The van der Waals surface area contributed by atoms with Gasteiger partial charge in [-0.1, -0.05) is 168 Å². The molecular formula is C70H69N5O. The minimum absolute atomic E-state index is 0.0438. The zero-order chi connectivity index (χ0) is 53.1. The van der Waals surface area contributed by atoms with Crippen molar-refractivity contribution in [1.29, 1.82) is 0 Å². The van der Waals surface area contributed by atoms with Crippen molar-refractivity contribution in [3.63, 3.8) is 0 Å². The van der Waals surface area contributed by atoms with E-state index in [4.69, 9.17) is 9.72 Å². The van der Waals surface area contributed by atoms with Gasteiger partial charge in [-0.2, -0.15) is 0 Å². The Labute approximate surface area is 448 Å². The maximum atomic E-state index is 7.00. The normalized spacial score (nSPS) is 13.4. The third-order valence-electron chi connectivity index (χ3n) is 15.6. The van der Waals surface area contributed by atoms with Crippen molar-refractivity contribution >= 4 is 66.4 Å². The summed E-state index contributed by atoms with van der Waals surface area (Å²) in [6, 6.07) is 67.0. The highest BCUT2D eigenvalue weighted by Gasteiger charge is 2.34. The highest BCUT2D eigenvalue weighted by molar-refractivity contribution is 6.12. The van der Waals surface area contributed by atoms with Crippen molar-refractivity contribution in [2.75, 3.05) is 16.5 Å². The maximum Gasteiger partial charge on any atom is 0.137 e. The van der Waals surface area contributed by atoms with Gasteiger partial charge in [0.05, 0.1) is 39.1 Å². The van der Waals surface area contributed by atoms with Crippen LogP contribution in [0, 0.1) is 0 Å². The van der Waals surface area contributed by atoms with E-state index < -0.39 is 0 Å². The molecule has 0 spiro atoms. The molecule has 1 aliphatic heterocycles. The van der Waals surface area contributed by atoms with Crippen LogP contribution in [0.25, 0.3) is 66.2 Å². The minimum atomic E-state index is -0.0534. The van der Waals surface area contributed by atoms with E-state index in [-0.39, 0.29) is 21.7 Å². The molecule has 0 amide bonds. The van der Waals surface area contributed by atoms with E-state index in [0.717, 1.165) is 50.8 Å². The molecule has 12 rings (SSSR count). The average Bonchev–Trinajstić information content (AvgIpc) is 4.07. The maximum absolute atomic E-state index is 7.00. The van der Waals surface area contributed by atoms with Crippen LogP contribution in [0.5, 0.6) is 11.5 Å². The van der Waals surface area contributed by atoms with Gasteiger partial charge < -0.3 is 19.1 Å². The van der Waals surface area contributed by atoms with Gasteiger partial charge in [-0.15, -0.1) is 0 Å². The van der Waals surface area contributed by atoms with E-state index in [2.05, 4.69) is 284 Å². The molecule has 380 valence electrons. The van der Waals surface area contributed by atoms with E-state index in [1.54, 1.807) is 0 Å². The monoisotopic (exact) mass is 996 g/mol. The molecule has 6 nitrogen and oxygen atoms in total. The fourth-order valence-electron chi connectivity index (χ4n) is 11.2. The van der Waals surface area contributed by atoms with Crippen LogP contribution in [0.1, 0.15) is 105 Å². The summed E-state index contributed by atoms with van der Waals surface area (Å²) in [6.07, 6.45) is 1.94. The number of nitrogens with zero attached hydrogens (tertiary/aromatic N) is 5. The summed E-state index contributed by atoms with van der Waals surface area (Å²) in [5.41, 5.74) is 17.6. The lowest BCUT2D eigenvalue weighted by Gasteiger charge is -2.30. The van der Waals surface area contributed by atoms with Gasteiger partial charge in [-0.3, -0.25) is 4.57 Å². The van der Waals surface area contributed by atoms with Gasteiger partial charge in [-0.05, 0) is 140 Å². The smallest absolute Gasteiger partial charge is 0.137 e. The fraction of sp³-hybridized carbons (Fsp3) is 0.243. The van der Waals surface area contributed by atoms with Crippen LogP contribution < -0.4 is 14.5 Å². The van der Waals surface area contributed by atoms with Crippen LogP contribution in [-0.2, 0) is 21.7 Å². The third kappa shape index (κ3) is 8.58. The first-order valence-electron chi connectivity index (χ1n) is 27.0. The molecule has 0 saturated carbocycles. The van der Waals surface area contributed by atoms with Gasteiger partial charge in [0.25, 0.3) is 0 Å². The first-order valence-corrected chi connectivity index (χ1v) is 27.0. The number of fused-ring (bicyclic) bond motifs is 7. The third-order valence-corrected chi connectivity index (χ3v) is 15.6. The SMILES string of the molecule is CC(C)(C)c1cccc(-c2ccc3c(c2)c2ccc(Oc4cccc(N5CN(c6cc(C(C)(C)C)cc(C(C)(C)C)c6)c6c5cccc6-n5c6ccccc6c6ccccc65)c4)cc2n3-c2cc(C(C)(C)C)ccn2)c1. The molecule has 11 aromatic rings. The Bertz CT molecular complexity index is 3980. The topological polar surface area (TPSA) is 38.5 Å². The number of para-hydroxylation sites is 3. The van der Waals surface area contributed by atoms with Crippen LogP contribution in [0.3, 0.4) is 0 Å². The first kappa shape index (κ1) is 48.8. The second-order valence-electron chi connectivity index (χ2n) is 25.1. The van der Waals surface area contributed by atoms with E-state index in [1.165, 1.54) is 71.9 Å². The number of pyridine rings is 1. The quantitative estimate of drug-likeness (QED) is 0.159. The van der Waals surface area contributed by atoms with Gasteiger partial charge >= 0.3 is 0 Å². The molecule has 4 heterocycles. The van der Waals surface area contributed by atoms with Gasteiger partial charge in [0.1, 0.15) is 24.0 Å². The molecule has 0 bridgehead atoms. The Hall–Kier alpha value is -8.09. The predicted octanol–water partition coefficient (Wildman–Crippen LogP) is 19.2. The lowest BCUT2D eigenvalue weighted by Crippen LogP contribution is -2.25. The summed E-state index contributed by atoms with van der Waals surface area (Å²) in [7, 11) is 0. The van der Waals surface area contributed by atoms with Crippen LogP contribution in [0.4, 0.5) is 22.7 Å². The summed E-state index contributed by atoms with van der Waals surface area (Å²) >= 11 is 0. The average molecular weight is 996 g/mol. The minimum Gasteiger partial charge on any atom is -0.457 e. The van der Waals surface area contributed by atoms with Crippen LogP contribution in [-0.4, -0.2) is 20.8 Å². The van der Waals surface area contributed by atoms with Crippen molar-refractivity contribution in [1.82, 2.24) is 14.1 Å².